The quantitative estimate of drug-likeness (QED) is 0.510. The molecule has 0 aliphatic carbocycles. The number of rotatable bonds is 4. The van der Waals surface area contributed by atoms with E-state index in [1.807, 2.05) is 0 Å². The van der Waals surface area contributed by atoms with E-state index in [4.69, 9.17) is 4.74 Å². The zero-order valence-electron chi connectivity index (χ0n) is 16.4. The second kappa shape index (κ2) is 8.19. The largest absolute Gasteiger partial charge is 0.408 e. The normalized spacial score (nSPS) is 21.8. The van der Waals surface area contributed by atoms with Gasteiger partial charge in [-0.15, -0.1) is 11.3 Å². The Morgan fingerprint density at radius 2 is 2.13 bits per heavy atom. The topological polar surface area (TPSA) is 80.6 Å². The molecule has 1 fully saturated rings. The number of nitrogens with zero attached hydrogens (tertiary/aromatic N) is 5. The minimum Gasteiger partial charge on any atom is -0.377 e. The first kappa shape index (κ1) is 21.7. The molecule has 0 radical (unpaired) electrons. The van der Waals surface area contributed by atoms with Crippen LogP contribution in [-0.4, -0.2) is 64.9 Å². The van der Waals surface area contributed by atoms with Crippen LogP contribution in [0.2, 0.25) is 0 Å². The minimum atomic E-state index is -4.67. The first-order valence-electron chi connectivity index (χ1n) is 9.59. The van der Waals surface area contributed by atoms with Crippen molar-refractivity contribution in [1.82, 2.24) is 14.5 Å². The number of fused-ring (bicyclic) bond motifs is 1. The van der Waals surface area contributed by atoms with Gasteiger partial charge in [0.2, 0.25) is 17.5 Å². The maximum atomic E-state index is 14.9. The van der Waals surface area contributed by atoms with Gasteiger partial charge in [0.25, 0.3) is 5.56 Å². The minimum absolute atomic E-state index is 0.0459. The predicted molar refractivity (Wildman–Crippen MR) is 104 cm³/mol. The fourth-order valence-electron chi connectivity index (χ4n) is 3.81. The summed E-state index contributed by atoms with van der Waals surface area (Å²) < 4.78 is 62.4. The Kier molecular flexibility index (Phi) is 5.73. The third kappa shape index (κ3) is 4.03. The molecule has 2 aromatic heterocycles. The van der Waals surface area contributed by atoms with Crippen LogP contribution in [0.4, 0.5) is 29.3 Å². The molecule has 2 aliphatic rings. The highest BCUT2D eigenvalue weighted by molar-refractivity contribution is 7.11. The van der Waals surface area contributed by atoms with Crippen molar-refractivity contribution < 1.29 is 27.1 Å². The number of carbonyl (C=O) groups is 1. The van der Waals surface area contributed by atoms with Gasteiger partial charge < -0.3 is 14.5 Å². The molecular formula is C18H19F4N5O3S. The van der Waals surface area contributed by atoms with E-state index in [-0.39, 0.29) is 49.1 Å². The average Bonchev–Trinajstić information content (AvgIpc) is 3.26. The van der Waals surface area contributed by atoms with Crippen molar-refractivity contribution >= 4 is 28.9 Å². The summed E-state index contributed by atoms with van der Waals surface area (Å²) in [6.45, 7) is 1.45. The molecule has 168 valence electrons. The summed E-state index contributed by atoms with van der Waals surface area (Å²) in [5.41, 5.74) is -1.06. The Bertz CT molecular complexity index is 1030. The summed E-state index contributed by atoms with van der Waals surface area (Å²) in [4.78, 5) is 35.5. The van der Waals surface area contributed by atoms with Crippen LogP contribution in [0.1, 0.15) is 23.1 Å². The molecule has 0 saturated carbocycles. The van der Waals surface area contributed by atoms with E-state index in [9.17, 15) is 27.2 Å². The molecule has 4 heterocycles. The summed E-state index contributed by atoms with van der Waals surface area (Å²) in [5, 5.41) is 1.58. The molecule has 2 aliphatic heterocycles. The Morgan fingerprint density at radius 3 is 2.77 bits per heavy atom. The van der Waals surface area contributed by atoms with Crippen molar-refractivity contribution in [3.05, 3.63) is 32.8 Å². The van der Waals surface area contributed by atoms with Crippen molar-refractivity contribution in [1.29, 1.82) is 0 Å². The number of morpholine rings is 1. The van der Waals surface area contributed by atoms with E-state index in [1.54, 1.807) is 6.92 Å². The monoisotopic (exact) mass is 461 g/mol. The molecule has 13 heteroatoms. The predicted octanol–water partition coefficient (Wildman–Crippen LogP) is 2.09. The summed E-state index contributed by atoms with van der Waals surface area (Å²) in [6.07, 6.45) is -3.80. The third-order valence-electron chi connectivity index (χ3n) is 5.34. The fourth-order valence-corrected chi connectivity index (χ4v) is 4.38. The number of carbonyl (C=O) groups excluding carboxylic acids is 1. The smallest absolute Gasteiger partial charge is 0.377 e. The number of aromatic nitrogens is 3. The Balaban J connectivity index is 1.81. The molecule has 2 atom stereocenters. The highest BCUT2D eigenvalue weighted by Gasteiger charge is 2.48. The second-order valence-corrected chi connectivity index (χ2v) is 8.25. The summed E-state index contributed by atoms with van der Waals surface area (Å²) >= 11 is 1.00. The summed E-state index contributed by atoms with van der Waals surface area (Å²) in [5.74, 6) is -2.48. The Labute approximate surface area is 178 Å². The van der Waals surface area contributed by atoms with E-state index >= 15 is 0 Å². The maximum Gasteiger partial charge on any atom is 0.408 e. The molecule has 2 aromatic rings. The van der Waals surface area contributed by atoms with Gasteiger partial charge in [-0.1, -0.05) is 0 Å². The number of ether oxygens (including phenoxy) is 1. The van der Waals surface area contributed by atoms with Crippen molar-refractivity contribution in [3.8, 4) is 0 Å². The molecular weight excluding hydrogens is 442 g/mol. The number of Topliss-reactive ketones (excluding diaryl/α,β-unsaturated/α-hetero) is 1. The van der Waals surface area contributed by atoms with Crippen LogP contribution in [0.25, 0.3) is 0 Å². The number of alkyl halides is 3. The SMILES string of the molecule is C[C@@H]1COCCN1c1nc2n(c(=O)c1F)CC[C@@H](C(F)(F)F)N2CC(=O)c1nccs1. The molecule has 0 spiro atoms. The molecule has 0 aromatic carbocycles. The van der Waals surface area contributed by atoms with Crippen molar-refractivity contribution in [3.63, 3.8) is 0 Å². The lowest BCUT2D eigenvalue weighted by molar-refractivity contribution is -0.152. The van der Waals surface area contributed by atoms with Crippen molar-refractivity contribution in [2.75, 3.05) is 36.1 Å². The second-order valence-electron chi connectivity index (χ2n) is 7.36. The maximum absolute atomic E-state index is 14.9. The van der Waals surface area contributed by atoms with Crippen molar-refractivity contribution in [2.45, 2.75) is 38.1 Å². The van der Waals surface area contributed by atoms with Crippen LogP contribution in [0.3, 0.4) is 0 Å². The zero-order valence-corrected chi connectivity index (χ0v) is 17.2. The van der Waals surface area contributed by atoms with Gasteiger partial charge in [-0.3, -0.25) is 14.2 Å². The van der Waals surface area contributed by atoms with Gasteiger partial charge in [-0.2, -0.15) is 22.5 Å². The van der Waals surface area contributed by atoms with E-state index in [2.05, 4.69) is 9.97 Å². The van der Waals surface area contributed by atoms with Crippen molar-refractivity contribution in [2.24, 2.45) is 0 Å². The zero-order chi connectivity index (χ0) is 22.3. The van der Waals surface area contributed by atoms with E-state index in [0.717, 1.165) is 20.8 Å². The van der Waals surface area contributed by atoms with Gasteiger partial charge in [0, 0.05) is 24.7 Å². The number of thiazole rings is 1. The lowest BCUT2D eigenvalue weighted by Gasteiger charge is -2.40. The van der Waals surface area contributed by atoms with Crippen LogP contribution in [0.15, 0.2) is 16.4 Å². The van der Waals surface area contributed by atoms with Crippen LogP contribution in [0.5, 0.6) is 0 Å². The molecule has 0 bridgehead atoms. The van der Waals surface area contributed by atoms with E-state index < -0.39 is 42.3 Å². The van der Waals surface area contributed by atoms with Gasteiger partial charge in [0.15, 0.2) is 10.8 Å². The first-order valence-corrected chi connectivity index (χ1v) is 10.5. The van der Waals surface area contributed by atoms with Gasteiger partial charge in [0.05, 0.1) is 25.8 Å². The summed E-state index contributed by atoms with van der Waals surface area (Å²) in [7, 11) is 0. The van der Waals surface area contributed by atoms with Crippen LogP contribution < -0.4 is 15.4 Å². The number of anilines is 2. The fraction of sp³-hybridized carbons (Fsp3) is 0.556. The first-order chi connectivity index (χ1) is 14.7. The highest BCUT2D eigenvalue weighted by Crippen LogP contribution is 2.35. The summed E-state index contributed by atoms with van der Waals surface area (Å²) in [6, 6.07) is -2.37. The Hall–Kier alpha value is -2.54. The molecule has 0 N–H and O–H groups in total. The van der Waals surface area contributed by atoms with Gasteiger partial charge in [-0.25, -0.2) is 4.98 Å². The highest BCUT2D eigenvalue weighted by atomic mass is 32.1. The standard InChI is InChI=1S/C18H19F4N5O3S/c1-10-9-30-6-5-25(10)14-13(19)16(29)26-4-2-12(18(20,21)22)27(17(26)24-14)8-11(28)15-23-3-7-31-15/h3,7,10,12H,2,4-6,8-9H2,1H3/t10-,12+/m1/s1. The van der Waals surface area contributed by atoms with Gasteiger partial charge >= 0.3 is 6.18 Å². The number of hydrogen-bond donors (Lipinski definition) is 0. The molecule has 0 amide bonds. The van der Waals surface area contributed by atoms with E-state index in [1.165, 1.54) is 16.5 Å². The van der Waals surface area contributed by atoms with Crippen LogP contribution in [-0.2, 0) is 11.3 Å². The van der Waals surface area contributed by atoms with E-state index in [0.29, 0.717) is 0 Å². The average molecular weight is 461 g/mol. The van der Waals surface area contributed by atoms with Crippen LogP contribution >= 0.6 is 11.3 Å². The molecule has 1 saturated heterocycles. The number of ketones is 1. The molecule has 31 heavy (non-hydrogen) atoms. The lowest BCUT2D eigenvalue weighted by atomic mass is 10.1. The third-order valence-corrected chi connectivity index (χ3v) is 6.15. The molecule has 4 rings (SSSR count). The number of halogens is 4. The van der Waals surface area contributed by atoms with Gasteiger partial charge in [-0.05, 0) is 13.3 Å². The van der Waals surface area contributed by atoms with Gasteiger partial charge in [0.1, 0.15) is 6.04 Å². The lowest BCUT2D eigenvalue weighted by Crippen LogP contribution is -2.55. The molecule has 0 unspecified atom stereocenters. The Morgan fingerprint density at radius 1 is 1.35 bits per heavy atom. The van der Waals surface area contributed by atoms with Crippen LogP contribution in [0, 0.1) is 5.82 Å². The number of hydrogen-bond acceptors (Lipinski definition) is 8. The molecule has 8 nitrogen and oxygen atoms in total.